The summed E-state index contributed by atoms with van der Waals surface area (Å²) in [5.41, 5.74) is 1.71. The van der Waals surface area contributed by atoms with E-state index in [0.29, 0.717) is 37.6 Å². The minimum Gasteiger partial charge on any atom is -0.481 e. The molecule has 0 spiro atoms. The number of carboxylic acids is 1. The highest BCUT2D eigenvalue weighted by molar-refractivity contribution is 5.94. The summed E-state index contributed by atoms with van der Waals surface area (Å²) in [5.74, 6) is -0.442. The number of benzene rings is 1. The largest absolute Gasteiger partial charge is 0.481 e. The van der Waals surface area contributed by atoms with Crippen LogP contribution in [0.4, 0.5) is 0 Å². The van der Waals surface area contributed by atoms with Crippen molar-refractivity contribution in [2.45, 2.75) is 25.9 Å². The van der Waals surface area contributed by atoms with E-state index in [2.05, 4.69) is 0 Å². The maximum absolute atomic E-state index is 12.4. The zero-order valence-electron chi connectivity index (χ0n) is 12.2. The van der Waals surface area contributed by atoms with E-state index in [1.54, 1.807) is 7.11 Å². The smallest absolute Gasteiger partial charge is 0.303 e. The number of likely N-dealkylation sites (tertiary alicyclic amines) is 1. The lowest BCUT2D eigenvalue weighted by Gasteiger charge is -2.16. The molecule has 1 aromatic rings. The van der Waals surface area contributed by atoms with Gasteiger partial charge >= 0.3 is 5.97 Å². The van der Waals surface area contributed by atoms with Crippen LogP contribution in [0, 0.1) is 5.92 Å². The van der Waals surface area contributed by atoms with Crippen molar-refractivity contribution in [3.05, 3.63) is 35.4 Å². The van der Waals surface area contributed by atoms with E-state index in [1.165, 1.54) is 0 Å². The summed E-state index contributed by atoms with van der Waals surface area (Å²) in [6.45, 7) is 1.91. The Morgan fingerprint density at radius 2 is 2.05 bits per heavy atom. The first-order valence-electron chi connectivity index (χ1n) is 7.19. The van der Waals surface area contributed by atoms with Gasteiger partial charge in [0.2, 0.25) is 0 Å². The van der Waals surface area contributed by atoms with Crippen LogP contribution in [0.25, 0.3) is 0 Å². The number of carbonyl (C=O) groups excluding carboxylic acids is 1. The molecule has 5 heteroatoms. The second kappa shape index (κ2) is 7.22. The fourth-order valence-corrected chi connectivity index (χ4v) is 2.67. The molecule has 5 nitrogen and oxygen atoms in total. The van der Waals surface area contributed by atoms with E-state index >= 15 is 0 Å². The second-order valence-corrected chi connectivity index (χ2v) is 5.47. The van der Waals surface area contributed by atoms with Gasteiger partial charge in [-0.15, -0.1) is 0 Å². The van der Waals surface area contributed by atoms with Crippen molar-refractivity contribution in [2.75, 3.05) is 20.2 Å². The highest BCUT2D eigenvalue weighted by atomic mass is 16.5. The number of carbonyl (C=O) groups is 2. The van der Waals surface area contributed by atoms with Gasteiger partial charge in [-0.2, -0.15) is 0 Å². The van der Waals surface area contributed by atoms with Gasteiger partial charge in [-0.3, -0.25) is 9.59 Å². The number of hydrogen-bond acceptors (Lipinski definition) is 3. The molecule has 0 radical (unpaired) electrons. The van der Waals surface area contributed by atoms with Gasteiger partial charge in [0.25, 0.3) is 5.91 Å². The zero-order chi connectivity index (χ0) is 15.2. The minimum absolute atomic E-state index is 0.0248. The Hall–Kier alpha value is -1.88. The normalized spacial score (nSPS) is 18.0. The maximum Gasteiger partial charge on any atom is 0.303 e. The SMILES string of the molecule is COCc1ccc(C(=O)N2CCC(CCC(=O)O)C2)cc1. The van der Waals surface area contributed by atoms with Crippen LogP contribution < -0.4 is 0 Å². The Bertz CT molecular complexity index is 498. The summed E-state index contributed by atoms with van der Waals surface area (Å²) in [4.78, 5) is 24.8. The third kappa shape index (κ3) is 4.29. The van der Waals surface area contributed by atoms with Crippen molar-refractivity contribution in [3.8, 4) is 0 Å². The molecule has 1 amide bonds. The van der Waals surface area contributed by atoms with Crippen molar-refractivity contribution in [1.29, 1.82) is 0 Å². The van der Waals surface area contributed by atoms with E-state index in [-0.39, 0.29) is 12.3 Å². The summed E-state index contributed by atoms with van der Waals surface area (Å²) in [6, 6.07) is 7.44. The Kier molecular flexibility index (Phi) is 5.33. The molecule has 0 saturated carbocycles. The number of carboxylic acid groups (broad SMARTS) is 1. The standard InChI is InChI=1S/C16H21NO4/c1-21-11-13-2-5-14(6-3-13)16(20)17-9-8-12(10-17)4-7-15(18)19/h2-3,5-6,12H,4,7-11H2,1H3,(H,18,19). The Balaban J connectivity index is 1.90. The highest BCUT2D eigenvalue weighted by Gasteiger charge is 2.27. The molecule has 0 bridgehead atoms. The Morgan fingerprint density at radius 3 is 2.67 bits per heavy atom. The van der Waals surface area contributed by atoms with Crippen molar-refractivity contribution in [2.24, 2.45) is 5.92 Å². The van der Waals surface area contributed by atoms with E-state index in [1.807, 2.05) is 29.2 Å². The van der Waals surface area contributed by atoms with Gasteiger partial charge in [-0.25, -0.2) is 0 Å². The molecule has 0 aromatic heterocycles. The number of aliphatic carboxylic acids is 1. The van der Waals surface area contributed by atoms with E-state index in [4.69, 9.17) is 9.84 Å². The Labute approximate surface area is 124 Å². The predicted octanol–water partition coefficient (Wildman–Crippen LogP) is 2.16. The monoisotopic (exact) mass is 291 g/mol. The van der Waals surface area contributed by atoms with Gasteiger partial charge in [-0.05, 0) is 36.5 Å². The first-order chi connectivity index (χ1) is 10.1. The van der Waals surface area contributed by atoms with Crippen molar-refractivity contribution >= 4 is 11.9 Å². The van der Waals surface area contributed by atoms with Crippen LogP contribution in [0.2, 0.25) is 0 Å². The van der Waals surface area contributed by atoms with Gasteiger partial charge in [0.1, 0.15) is 0 Å². The molecular formula is C16H21NO4. The fraction of sp³-hybridized carbons (Fsp3) is 0.500. The molecule has 1 unspecified atom stereocenters. The number of ether oxygens (including phenoxy) is 1. The van der Waals surface area contributed by atoms with Crippen LogP contribution in [0.3, 0.4) is 0 Å². The van der Waals surface area contributed by atoms with Gasteiger partial charge in [0.15, 0.2) is 0 Å². The molecule has 1 fully saturated rings. The first-order valence-corrected chi connectivity index (χ1v) is 7.19. The topological polar surface area (TPSA) is 66.8 Å². The van der Waals surface area contributed by atoms with Crippen LogP contribution in [-0.4, -0.2) is 42.1 Å². The number of rotatable bonds is 6. The molecule has 114 valence electrons. The lowest BCUT2D eigenvalue weighted by atomic mass is 10.0. The lowest BCUT2D eigenvalue weighted by molar-refractivity contribution is -0.137. The van der Waals surface area contributed by atoms with Crippen molar-refractivity contribution in [1.82, 2.24) is 4.90 Å². The third-order valence-electron chi connectivity index (χ3n) is 3.85. The average Bonchev–Trinajstić information content (AvgIpc) is 2.94. The van der Waals surface area contributed by atoms with E-state index < -0.39 is 5.97 Å². The molecule has 1 aromatic carbocycles. The second-order valence-electron chi connectivity index (χ2n) is 5.47. The molecule has 1 N–H and O–H groups in total. The van der Waals surface area contributed by atoms with Gasteiger partial charge < -0.3 is 14.7 Å². The molecule has 21 heavy (non-hydrogen) atoms. The van der Waals surface area contributed by atoms with Crippen LogP contribution in [0.1, 0.15) is 35.2 Å². The molecule has 1 heterocycles. The zero-order valence-corrected chi connectivity index (χ0v) is 12.2. The summed E-state index contributed by atoms with van der Waals surface area (Å²) >= 11 is 0. The molecule has 1 atom stereocenters. The third-order valence-corrected chi connectivity index (χ3v) is 3.85. The van der Waals surface area contributed by atoms with Crippen molar-refractivity contribution < 1.29 is 19.4 Å². The molecular weight excluding hydrogens is 270 g/mol. The number of nitrogens with zero attached hydrogens (tertiary/aromatic N) is 1. The lowest BCUT2D eigenvalue weighted by Crippen LogP contribution is -2.28. The molecule has 1 aliphatic rings. The summed E-state index contributed by atoms with van der Waals surface area (Å²) in [7, 11) is 1.64. The predicted molar refractivity (Wildman–Crippen MR) is 78.0 cm³/mol. The van der Waals surface area contributed by atoms with Crippen molar-refractivity contribution in [3.63, 3.8) is 0 Å². The summed E-state index contributed by atoms with van der Waals surface area (Å²) in [6.07, 6.45) is 1.71. The molecule has 1 saturated heterocycles. The molecule has 0 aliphatic carbocycles. The molecule has 2 rings (SSSR count). The number of methoxy groups -OCH3 is 1. The fourth-order valence-electron chi connectivity index (χ4n) is 2.67. The highest BCUT2D eigenvalue weighted by Crippen LogP contribution is 2.22. The minimum atomic E-state index is -0.770. The van der Waals surface area contributed by atoms with E-state index in [0.717, 1.165) is 12.0 Å². The quantitative estimate of drug-likeness (QED) is 0.872. The van der Waals surface area contributed by atoms with Gasteiger partial charge in [0, 0.05) is 32.2 Å². The van der Waals surface area contributed by atoms with Gasteiger partial charge in [-0.1, -0.05) is 12.1 Å². The summed E-state index contributed by atoms with van der Waals surface area (Å²) < 4.78 is 5.04. The van der Waals surface area contributed by atoms with Crippen LogP contribution in [-0.2, 0) is 16.1 Å². The van der Waals surface area contributed by atoms with Crippen LogP contribution in [0.15, 0.2) is 24.3 Å². The Morgan fingerprint density at radius 1 is 1.33 bits per heavy atom. The maximum atomic E-state index is 12.4. The van der Waals surface area contributed by atoms with Crippen LogP contribution in [0.5, 0.6) is 0 Å². The average molecular weight is 291 g/mol. The number of hydrogen-bond donors (Lipinski definition) is 1. The van der Waals surface area contributed by atoms with E-state index in [9.17, 15) is 9.59 Å². The first kappa shape index (κ1) is 15.5. The summed E-state index contributed by atoms with van der Waals surface area (Å²) in [5, 5.41) is 8.71. The number of amides is 1. The van der Waals surface area contributed by atoms with Crippen LogP contribution >= 0.6 is 0 Å². The molecule has 1 aliphatic heterocycles. The van der Waals surface area contributed by atoms with Gasteiger partial charge in [0.05, 0.1) is 6.61 Å².